The Morgan fingerprint density at radius 1 is 1.43 bits per heavy atom. The predicted octanol–water partition coefficient (Wildman–Crippen LogP) is 1.43. The number of nitrogens with two attached hydrogens (primary N) is 1. The van der Waals surface area contributed by atoms with Crippen molar-refractivity contribution in [1.29, 1.82) is 0 Å². The fraction of sp³-hybridized carbons (Fsp3) is 0.444. The van der Waals surface area contributed by atoms with E-state index in [1.165, 1.54) is 4.90 Å². The maximum atomic E-state index is 12.6. The lowest BCUT2D eigenvalue weighted by molar-refractivity contribution is -0.0267. The molecule has 1 aromatic rings. The molecule has 2 rings (SSSR count). The quantitative estimate of drug-likeness (QED) is 0.743. The van der Waals surface area contributed by atoms with E-state index >= 15 is 0 Å². The van der Waals surface area contributed by atoms with Gasteiger partial charge in [-0.25, -0.2) is 13.8 Å². The van der Waals surface area contributed by atoms with Crippen LogP contribution in [-0.4, -0.2) is 24.0 Å². The van der Waals surface area contributed by atoms with Gasteiger partial charge in [-0.3, -0.25) is 0 Å². The van der Waals surface area contributed by atoms with Gasteiger partial charge in [0.15, 0.2) is 0 Å². The zero-order chi connectivity index (χ0) is 10.3. The van der Waals surface area contributed by atoms with Crippen molar-refractivity contribution in [2.24, 2.45) is 0 Å². The summed E-state index contributed by atoms with van der Waals surface area (Å²) in [7, 11) is 0. The molecule has 0 radical (unpaired) electrons. The molecule has 1 aliphatic heterocycles. The van der Waals surface area contributed by atoms with Gasteiger partial charge in [0.2, 0.25) is 0 Å². The van der Waals surface area contributed by atoms with E-state index in [1.54, 1.807) is 19.1 Å². The van der Waals surface area contributed by atoms with E-state index in [9.17, 15) is 8.78 Å². The standard InChI is InChI=1S/C9H11F2N3/c1-6-2-7(12)3-8(13-6)14-4-9(10,11)5-14/h2-3H,4-5H2,1H3,(H2,12,13). The number of rotatable bonds is 1. The zero-order valence-corrected chi connectivity index (χ0v) is 7.80. The van der Waals surface area contributed by atoms with Gasteiger partial charge >= 0.3 is 0 Å². The van der Waals surface area contributed by atoms with Crippen molar-refractivity contribution in [1.82, 2.24) is 4.98 Å². The fourth-order valence-electron chi connectivity index (χ4n) is 1.51. The van der Waals surface area contributed by atoms with Gasteiger partial charge in [-0.15, -0.1) is 0 Å². The van der Waals surface area contributed by atoms with Gasteiger partial charge in [-0.1, -0.05) is 0 Å². The molecule has 0 amide bonds. The first-order valence-electron chi connectivity index (χ1n) is 4.33. The third-order valence-electron chi connectivity index (χ3n) is 2.13. The largest absolute Gasteiger partial charge is 0.399 e. The highest BCUT2D eigenvalue weighted by Crippen LogP contribution is 2.31. The van der Waals surface area contributed by atoms with Gasteiger partial charge < -0.3 is 10.6 Å². The van der Waals surface area contributed by atoms with Gasteiger partial charge in [0.05, 0.1) is 13.1 Å². The van der Waals surface area contributed by atoms with Gasteiger partial charge in [-0.05, 0) is 13.0 Å². The summed E-state index contributed by atoms with van der Waals surface area (Å²) in [4.78, 5) is 5.65. The van der Waals surface area contributed by atoms with E-state index in [-0.39, 0.29) is 13.1 Å². The lowest BCUT2D eigenvalue weighted by Gasteiger charge is -2.39. The van der Waals surface area contributed by atoms with Crippen LogP contribution in [-0.2, 0) is 0 Å². The van der Waals surface area contributed by atoms with Gasteiger partial charge in [-0.2, -0.15) is 0 Å². The Labute approximate surface area is 80.5 Å². The van der Waals surface area contributed by atoms with E-state index < -0.39 is 5.92 Å². The second-order valence-corrected chi connectivity index (χ2v) is 3.61. The Morgan fingerprint density at radius 2 is 2.07 bits per heavy atom. The number of nitrogens with zero attached hydrogens (tertiary/aromatic N) is 2. The summed E-state index contributed by atoms with van der Waals surface area (Å²) in [5, 5.41) is 0. The second-order valence-electron chi connectivity index (χ2n) is 3.61. The summed E-state index contributed by atoms with van der Waals surface area (Å²) in [5.41, 5.74) is 6.89. The molecule has 3 nitrogen and oxygen atoms in total. The van der Waals surface area contributed by atoms with Crippen LogP contribution in [0.4, 0.5) is 20.3 Å². The summed E-state index contributed by atoms with van der Waals surface area (Å²) in [6, 6.07) is 3.32. The summed E-state index contributed by atoms with van der Waals surface area (Å²) >= 11 is 0. The number of hydrogen-bond acceptors (Lipinski definition) is 3. The van der Waals surface area contributed by atoms with Crippen LogP contribution in [0.25, 0.3) is 0 Å². The van der Waals surface area contributed by atoms with E-state index in [2.05, 4.69) is 4.98 Å². The summed E-state index contributed by atoms with van der Waals surface area (Å²) in [6.07, 6.45) is 0. The first kappa shape index (κ1) is 9.18. The molecule has 0 atom stereocenters. The summed E-state index contributed by atoms with van der Waals surface area (Å²) < 4.78 is 25.1. The summed E-state index contributed by atoms with van der Waals surface area (Å²) in [5.74, 6) is -2.03. The van der Waals surface area contributed by atoms with Crippen LogP contribution in [0.15, 0.2) is 12.1 Å². The molecule has 1 saturated heterocycles. The Balaban J connectivity index is 2.18. The normalized spacial score (nSPS) is 19.2. The number of aryl methyl sites for hydroxylation is 1. The van der Waals surface area contributed by atoms with Gasteiger partial charge in [0.1, 0.15) is 5.82 Å². The van der Waals surface area contributed by atoms with Crippen molar-refractivity contribution in [3.63, 3.8) is 0 Å². The average molecular weight is 199 g/mol. The van der Waals surface area contributed by atoms with Crippen molar-refractivity contribution in [2.45, 2.75) is 12.8 Å². The van der Waals surface area contributed by atoms with Crippen molar-refractivity contribution in [2.75, 3.05) is 23.7 Å². The van der Waals surface area contributed by atoms with E-state index in [1.807, 2.05) is 0 Å². The number of nitrogen functional groups attached to an aromatic ring is 1. The lowest BCUT2D eigenvalue weighted by Crippen LogP contribution is -2.56. The number of pyridine rings is 1. The minimum absolute atomic E-state index is 0.261. The first-order chi connectivity index (χ1) is 6.46. The second kappa shape index (κ2) is 2.80. The van der Waals surface area contributed by atoms with E-state index in [0.717, 1.165) is 5.69 Å². The third-order valence-corrected chi connectivity index (χ3v) is 2.13. The van der Waals surface area contributed by atoms with Crippen LogP contribution in [0.2, 0.25) is 0 Å². The van der Waals surface area contributed by atoms with Gasteiger partial charge in [0.25, 0.3) is 5.92 Å². The molecule has 5 heteroatoms. The van der Waals surface area contributed by atoms with Crippen molar-refractivity contribution >= 4 is 11.5 Å². The smallest absolute Gasteiger partial charge is 0.282 e. The molecule has 1 aliphatic rings. The molecule has 0 aromatic carbocycles. The molecular weight excluding hydrogens is 188 g/mol. The monoisotopic (exact) mass is 199 g/mol. The highest BCUT2D eigenvalue weighted by Gasteiger charge is 2.44. The Kier molecular flexibility index (Phi) is 1.83. The molecule has 1 aromatic heterocycles. The maximum Gasteiger partial charge on any atom is 0.282 e. The molecule has 0 aliphatic carbocycles. The highest BCUT2D eigenvalue weighted by molar-refractivity contribution is 5.53. The van der Waals surface area contributed by atoms with Crippen molar-refractivity contribution < 1.29 is 8.78 Å². The topological polar surface area (TPSA) is 42.1 Å². The number of hydrogen-bond donors (Lipinski definition) is 1. The Morgan fingerprint density at radius 3 is 2.57 bits per heavy atom. The Bertz CT molecular complexity index is 337. The lowest BCUT2D eigenvalue weighted by atomic mass is 10.1. The van der Waals surface area contributed by atoms with Crippen molar-refractivity contribution in [3.05, 3.63) is 17.8 Å². The molecule has 2 N–H and O–H groups in total. The molecule has 76 valence electrons. The summed E-state index contributed by atoms with van der Waals surface area (Å²) in [6.45, 7) is 1.27. The van der Waals surface area contributed by atoms with Crippen LogP contribution < -0.4 is 10.6 Å². The molecule has 1 fully saturated rings. The van der Waals surface area contributed by atoms with E-state index in [4.69, 9.17) is 5.73 Å². The maximum absolute atomic E-state index is 12.6. The molecule has 0 bridgehead atoms. The van der Waals surface area contributed by atoms with Crippen LogP contribution in [0, 0.1) is 6.92 Å². The van der Waals surface area contributed by atoms with Crippen LogP contribution in [0.1, 0.15) is 5.69 Å². The Hall–Kier alpha value is -1.39. The fourth-order valence-corrected chi connectivity index (χ4v) is 1.51. The van der Waals surface area contributed by atoms with Gasteiger partial charge in [0, 0.05) is 17.4 Å². The van der Waals surface area contributed by atoms with E-state index in [0.29, 0.717) is 11.5 Å². The van der Waals surface area contributed by atoms with Crippen LogP contribution in [0.3, 0.4) is 0 Å². The molecular formula is C9H11F2N3. The molecule has 0 spiro atoms. The first-order valence-corrected chi connectivity index (χ1v) is 4.33. The van der Waals surface area contributed by atoms with Crippen LogP contribution in [0.5, 0.6) is 0 Å². The third kappa shape index (κ3) is 1.62. The average Bonchev–Trinajstić information content (AvgIpc) is 1.97. The van der Waals surface area contributed by atoms with Crippen LogP contribution >= 0.6 is 0 Å². The van der Waals surface area contributed by atoms with Crippen molar-refractivity contribution in [3.8, 4) is 0 Å². The zero-order valence-electron chi connectivity index (χ0n) is 7.80. The SMILES string of the molecule is Cc1cc(N)cc(N2CC(F)(F)C2)n1. The molecule has 0 unspecified atom stereocenters. The highest BCUT2D eigenvalue weighted by atomic mass is 19.3. The number of aromatic nitrogens is 1. The number of alkyl halides is 2. The predicted molar refractivity (Wildman–Crippen MR) is 50.5 cm³/mol. The number of halogens is 2. The number of anilines is 2. The minimum atomic E-state index is -2.57. The molecule has 2 heterocycles. The minimum Gasteiger partial charge on any atom is -0.399 e. The molecule has 14 heavy (non-hydrogen) atoms. The molecule has 0 saturated carbocycles.